The van der Waals surface area contributed by atoms with Gasteiger partial charge < -0.3 is 15.4 Å². The third-order valence-corrected chi connectivity index (χ3v) is 6.29. The summed E-state index contributed by atoms with van der Waals surface area (Å²) in [4.78, 5) is 29.2. The molecule has 0 aliphatic carbocycles. The van der Waals surface area contributed by atoms with Crippen molar-refractivity contribution in [3.8, 4) is 39.7 Å². The highest BCUT2D eigenvalue weighted by Crippen LogP contribution is 2.34. The third-order valence-electron chi connectivity index (χ3n) is 6.29. The number of H-pyrrole nitrogens is 2. The van der Waals surface area contributed by atoms with Crippen LogP contribution in [0.5, 0.6) is 5.75 Å². The van der Waals surface area contributed by atoms with Crippen LogP contribution in [0.1, 0.15) is 20.3 Å². The molecule has 0 atom stereocenters. The molecule has 0 spiro atoms. The lowest BCUT2D eigenvalue weighted by atomic mass is 10.0. The summed E-state index contributed by atoms with van der Waals surface area (Å²) in [5, 5.41) is 21.1. The lowest BCUT2D eigenvalue weighted by molar-refractivity contribution is -0.116. The van der Waals surface area contributed by atoms with Crippen molar-refractivity contribution in [2.24, 2.45) is 5.92 Å². The van der Waals surface area contributed by atoms with Gasteiger partial charge in [-0.25, -0.2) is 9.37 Å². The summed E-state index contributed by atoms with van der Waals surface area (Å²) in [6.07, 6.45) is 5.41. The fourth-order valence-corrected chi connectivity index (χ4v) is 4.59. The molecular formula is C29H24FN7O2. The van der Waals surface area contributed by atoms with Crippen molar-refractivity contribution in [1.29, 1.82) is 0 Å². The second kappa shape index (κ2) is 9.64. The number of nitrogens with zero attached hydrogens (tertiary/aromatic N) is 4. The van der Waals surface area contributed by atoms with E-state index in [0.717, 1.165) is 28.0 Å². The number of fused-ring (bicyclic) bond motifs is 2. The first kappa shape index (κ1) is 24.2. The number of aromatic hydroxyl groups is 1. The van der Waals surface area contributed by atoms with E-state index < -0.39 is 5.82 Å². The van der Waals surface area contributed by atoms with Crippen molar-refractivity contribution in [3.63, 3.8) is 0 Å². The van der Waals surface area contributed by atoms with Crippen LogP contribution >= 0.6 is 0 Å². The number of rotatable bonds is 6. The van der Waals surface area contributed by atoms with E-state index in [1.165, 1.54) is 12.1 Å². The lowest BCUT2D eigenvalue weighted by Gasteiger charge is -2.08. The number of amides is 1. The zero-order valence-corrected chi connectivity index (χ0v) is 21.2. The van der Waals surface area contributed by atoms with Gasteiger partial charge in [0.2, 0.25) is 5.91 Å². The van der Waals surface area contributed by atoms with Gasteiger partial charge in [0.05, 0.1) is 40.3 Å². The van der Waals surface area contributed by atoms with Crippen LogP contribution in [0.2, 0.25) is 0 Å². The highest BCUT2D eigenvalue weighted by Gasteiger charge is 2.17. The number of imidazole rings is 1. The van der Waals surface area contributed by atoms with Gasteiger partial charge in [0.25, 0.3) is 0 Å². The molecular weight excluding hydrogens is 497 g/mol. The van der Waals surface area contributed by atoms with Crippen molar-refractivity contribution in [2.75, 3.05) is 5.32 Å². The number of aromatic nitrogens is 6. The Morgan fingerprint density at radius 1 is 1.05 bits per heavy atom. The molecule has 10 heteroatoms. The largest absolute Gasteiger partial charge is 0.508 e. The van der Waals surface area contributed by atoms with E-state index in [9.17, 15) is 14.3 Å². The minimum absolute atomic E-state index is 0.0674. The number of halogens is 1. The minimum Gasteiger partial charge on any atom is -0.508 e. The number of carbonyl (C=O) groups excluding carboxylic acids is 1. The maximum atomic E-state index is 14.0. The molecule has 0 bridgehead atoms. The summed E-state index contributed by atoms with van der Waals surface area (Å²) in [5.41, 5.74) is 5.86. The molecule has 6 rings (SSSR count). The molecule has 194 valence electrons. The molecule has 9 nitrogen and oxygen atoms in total. The fourth-order valence-electron chi connectivity index (χ4n) is 4.59. The Hall–Kier alpha value is -5.12. The van der Waals surface area contributed by atoms with Crippen molar-refractivity contribution < 1.29 is 14.3 Å². The van der Waals surface area contributed by atoms with Gasteiger partial charge >= 0.3 is 0 Å². The number of hydrogen-bond donors (Lipinski definition) is 4. The number of aromatic amines is 2. The van der Waals surface area contributed by atoms with Gasteiger partial charge in [-0.1, -0.05) is 26.0 Å². The Morgan fingerprint density at radius 2 is 1.92 bits per heavy atom. The van der Waals surface area contributed by atoms with Crippen LogP contribution in [-0.4, -0.2) is 41.1 Å². The molecule has 39 heavy (non-hydrogen) atoms. The molecule has 4 aromatic heterocycles. The zero-order chi connectivity index (χ0) is 27.1. The maximum absolute atomic E-state index is 14.0. The van der Waals surface area contributed by atoms with E-state index in [-0.39, 0.29) is 17.6 Å². The molecule has 4 N–H and O–H groups in total. The Bertz CT molecular complexity index is 1840. The Balaban J connectivity index is 1.39. The molecule has 6 aromatic rings. The molecule has 0 fully saturated rings. The van der Waals surface area contributed by atoms with Crippen LogP contribution in [0.15, 0.2) is 67.1 Å². The van der Waals surface area contributed by atoms with Gasteiger partial charge in [-0.05, 0) is 41.8 Å². The number of nitrogens with one attached hydrogen (secondary N) is 3. The van der Waals surface area contributed by atoms with E-state index >= 15 is 0 Å². The minimum atomic E-state index is -0.533. The lowest BCUT2D eigenvalue weighted by Crippen LogP contribution is -2.13. The monoisotopic (exact) mass is 521 g/mol. The molecule has 0 aliphatic heterocycles. The van der Waals surface area contributed by atoms with Gasteiger partial charge in [-0.2, -0.15) is 5.10 Å². The van der Waals surface area contributed by atoms with Crippen LogP contribution in [0, 0.1) is 11.7 Å². The highest BCUT2D eigenvalue weighted by atomic mass is 19.1. The number of phenols is 1. The second-order valence-corrected chi connectivity index (χ2v) is 9.78. The quantitative estimate of drug-likeness (QED) is 0.211. The highest BCUT2D eigenvalue weighted by molar-refractivity contribution is 5.98. The summed E-state index contributed by atoms with van der Waals surface area (Å²) < 4.78 is 14.0. The standard InChI is InChI=1S/C29H24FN7O2/c1-15(2)6-26(39)33-19-8-17(12-31-13-19)24-11-22-25(14-32-24)36-37-28(22)29-34-23-5-3-4-21(27(23)35-29)16-7-18(30)10-20(38)9-16/h3-5,7-15,38H,6H2,1-2H3,(H,33,39)(H,34,35)(H,36,37). The number of benzene rings is 2. The molecule has 0 aliphatic rings. The van der Waals surface area contributed by atoms with E-state index in [1.54, 1.807) is 18.6 Å². The molecule has 1 amide bonds. The molecule has 0 unspecified atom stereocenters. The smallest absolute Gasteiger partial charge is 0.224 e. The van der Waals surface area contributed by atoms with Gasteiger partial charge in [0.1, 0.15) is 17.3 Å². The van der Waals surface area contributed by atoms with Crippen LogP contribution in [0.4, 0.5) is 10.1 Å². The number of carbonyl (C=O) groups is 1. The Morgan fingerprint density at radius 3 is 2.74 bits per heavy atom. The number of para-hydroxylation sites is 1. The summed E-state index contributed by atoms with van der Waals surface area (Å²) in [5.74, 6) is 0.0137. The van der Waals surface area contributed by atoms with Gasteiger partial charge in [0.15, 0.2) is 5.82 Å². The number of phenolic OH excluding ortho intramolecular Hbond substituents is 1. The predicted octanol–water partition coefficient (Wildman–Crippen LogP) is 6.06. The molecule has 0 radical (unpaired) electrons. The first-order valence-corrected chi connectivity index (χ1v) is 12.4. The Labute approximate surface area is 222 Å². The molecule has 2 aromatic carbocycles. The van der Waals surface area contributed by atoms with Gasteiger partial charge in [-0.15, -0.1) is 0 Å². The average Bonchev–Trinajstić information content (AvgIpc) is 3.51. The zero-order valence-electron chi connectivity index (χ0n) is 21.2. The molecule has 0 saturated carbocycles. The summed E-state index contributed by atoms with van der Waals surface area (Å²) in [6, 6.07) is 13.2. The first-order valence-electron chi connectivity index (χ1n) is 12.4. The van der Waals surface area contributed by atoms with E-state index in [0.29, 0.717) is 46.0 Å². The molecule has 0 saturated heterocycles. The molecule has 4 heterocycles. The van der Waals surface area contributed by atoms with E-state index in [2.05, 4.69) is 30.5 Å². The van der Waals surface area contributed by atoms with Crippen molar-refractivity contribution in [1.82, 2.24) is 30.1 Å². The first-order chi connectivity index (χ1) is 18.8. The van der Waals surface area contributed by atoms with Gasteiger partial charge in [-0.3, -0.25) is 19.9 Å². The fraction of sp³-hybridized carbons (Fsp3) is 0.138. The summed E-state index contributed by atoms with van der Waals surface area (Å²) >= 11 is 0. The topological polar surface area (TPSA) is 132 Å². The van der Waals surface area contributed by atoms with Crippen LogP contribution in [0.25, 0.3) is 55.8 Å². The van der Waals surface area contributed by atoms with E-state index in [4.69, 9.17) is 4.98 Å². The van der Waals surface area contributed by atoms with Crippen LogP contribution in [-0.2, 0) is 4.79 Å². The second-order valence-electron chi connectivity index (χ2n) is 9.78. The number of pyridine rings is 2. The maximum Gasteiger partial charge on any atom is 0.224 e. The summed E-state index contributed by atoms with van der Waals surface area (Å²) in [6.45, 7) is 3.98. The van der Waals surface area contributed by atoms with Gasteiger partial charge in [0, 0.05) is 35.2 Å². The average molecular weight is 522 g/mol. The van der Waals surface area contributed by atoms with Crippen LogP contribution in [0.3, 0.4) is 0 Å². The third kappa shape index (κ3) is 4.79. The normalized spacial score (nSPS) is 11.5. The summed E-state index contributed by atoms with van der Waals surface area (Å²) in [7, 11) is 0. The van der Waals surface area contributed by atoms with Crippen molar-refractivity contribution in [3.05, 3.63) is 72.9 Å². The van der Waals surface area contributed by atoms with E-state index in [1.807, 2.05) is 44.2 Å². The van der Waals surface area contributed by atoms with Crippen molar-refractivity contribution >= 4 is 33.5 Å². The predicted molar refractivity (Wildman–Crippen MR) is 147 cm³/mol. The number of hydrogen-bond acceptors (Lipinski definition) is 6. The van der Waals surface area contributed by atoms with Crippen molar-refractivity contribution in [2.45, 2.75) is 20.3 Å². The number of anilines is 1. The van der Waals surface area contributed by atoms with Crippen LogP contribution < -0.4 is 5.32 Å². The Kier molecular flexibility index (Phi) is 5.99. The SMILES string of the molecule is CC(C)CC(=O)Nc1cncc(-c2cc3c(-c4nc5c(-c6cc(O)cc(F)c6)cccc5[nH]4)n[nH]c3cn2)c1.